The molecule has 2 fully saturated rings. The summed E-state index contributed by atoms with van der Waals surface area (Å²) in [4.78, 5) is 25.5. The van der Waals surface area contributed by atoms with Crippen molar-refractivity contribution in [2.45, 2.75) is 122 Å². The fourth-order valence-corrected chi connectivity index (χ4v) is 8.73. The number of nitrogens with zero attached hydrogens (tertiary/aromatic N) is 3. The van der Waals surface area contributed by atoms with Gasteiger partial charge >= 0.3 is 0 Å². The summed E-state index contributed by atoms with van der Waals surface area (Å²) < 4.78 is 0. The lowest BCUT2D eigenvalue weighted by atomic mass is 9.66. The van der Waals surface area contributed by atoms with Crippen LogP contribution in [0.4, 0.5) is 22.7 Å². The summed E-state index contributed by atoms with van der Waals surface area (Å²) in [7, 11) is 0. The Labute approximate surface area is 305 Å². The van der Waals surface area contributed by atoms with Crippen LogP contribution in [0.1, 0.15) is 122 Å². The van der Waals surface area contributed by atoms with E-state index >= 15 is 0 Å². The fourth-order valence-electron chi connectivity index (χ4n) is 8.73. The SMILES string of the molecule is CC(C)CC[NH2+]c1ccc([N+](=O)[O-])cc1C1(C/C=C/C=C/C=C/C=C2/N(CCC(C)C)c3ccc([N+](=O)[O-])cc3C23CCCCC3)CCCCC1. The Morgan fingerprint density at radius 3 is 1.98 bits per heavy atom. The zero-order valence-electron chi connectivity index (χ0n) is 31.3. The van der Waals surface area contributed by atoms with Crippen LogP contribution < -0.4 is 10.2 Å². The van der Waals surface area contributed by atoms with E-state index in [1.165, 1.54) is 18.5 Å². The Balaban J connectivity index is 1.36. The molecule has 0 atom stereocenters. The smallest absolute Gasteiger partial charge is 0.270 e. The van der Waals surface area contributed by atoms with E-state index in [0.29, 0.717) is 11.8 Å². The highest BCUT2D eigenvalue weighted by Crippen LogP contribution is 2.56. The van der Waals surface area contributed by atoms with Crippen LogP contribution in [-0.2, 0) is 10.8 Å². The van der Waals surface area contributed by atoms with Gasteiger partial charge in [-0.3, -0.25) is 20.2 Å². The summed E-state index contributed by atoms with van der Waals surface area (Å²) >= 11 is 0. The zero-order valence-corrected chi connectivity index (χ0v) is 31.3. The Hall–Kier alpha value is -4.04. The molecule has 0 bridgehead atoms. The molecule has 51 heavy (non-hydrogen) atoms. The highest BCUT2D eigenvalue weighted by Gasteiger charge is 2.48. The van der Waals surface area contributed by atoms with Crippen LogP contribution in [0, 0.1) is 32.1 Å². The van der Waals surface area contributed by atoms with E-state index < -0.39 is 0 Å². The standard InChI is InChI=1S/C43H58N4O4/c1-33(2)22-29-44-39-20-18-35(46(48)49)31-37(39)42(25-13-9-14-26-42)24-12-8-6-5-7-11-17-41-43(27-15-10-16-28-43)38-32-36(47(50)51)19-21-40(38)45(41)30-23-34(3)4/h5-8,11-12,17-21,31-34,44H,9-10,13-16,22-30H2,1-4H3/p+1/b6-5+,11-7+,12-8+,41-17+. The van der Waals surface area contributed by atoms with Gasteiger partial charge in [-0.05, 0) is 74.5 Å². The molecular formula is C43H59N4O4+. The molecule has 3 aliphatic rings. The summed E-state index contributed by atoms with van der Waals surface area (Å²) in [5.41, 5.74) is 5.90. The van der Waals surface area contributed by atoms with Crippen molar-refractivity contribution in [1.29, 1.82) is 0 Å². The summed E-state index contributed by atoms with van der Waals surface area (Å²) in [5, 5.41) is 25.9. The van der Waals surface area contributed by atoms with E-state index in [1.54, 1.807) is 12.1 Å². The molecule has 2 aromatic rings. The first-order chi connectivity index (χ1) is 24.6. The topological polar surface area (TPSA) is 106 Å². The molecule has 0 aromatic heterocycles. The van der Waals surface area contributed by atoms with E-state index in [9.17, 15) is 20.2 Å². The van der Waals surface area contributed by atoms with E-state index in [0.717, 1.165) is 106 Å². The van der Waals surface area contributed by atoms with Crippen molar-refractivity contribution in [2.24, 2.45) is 11.8 Å². The van der Waals surface area contributed by atoms with Crippen molar-refractivity contribution in [3.63, 3.8) is 0 Å². The quantitative estimate of drug-likeness (QED) is 0.0864. The summed E-state index contributed by atoms with van der Waals surface area (Å²) in [5.74, 6) is 1.17. The van der Waals surface area contributed by atoms with Gasteiger partial charge in [0.05, 0.1) is 16.4 Å². The monoisotopic (exact) mass is 695 g/mol. The number of non-ortho nitro benzene ring substituents is 2. The Kier molecular flexibility index (Phi) is 13.1. The maximum absolute atomic E-state index is 11.8. The van der Waals surface area contributed by atoms with Gasteiger partial charge in [-0.15, -0.1) is 0 Å². The van der Waals surface area contributed by atoms with Gasteiger partial charge in [-0.1, -0.05) is 103 Å². The average Bonchev–Trinajstić information content (AvgIpc) is 3.35. The van der Waals surface area contributed by atoms with Crippen molar-refractivity contribution in [3.05, 3.63) is 116 Å². The van der Waals surface area contributed by atoms with Crippen LogP contribution in [0.3, 0.4) is 0 Å². The van der Waals surface area contributed by atoms with E-state index in [-0.39, 0.29) is 32.1 Å². The second-order valence-corrected chi connectivity index (χ2v) is 15.9. The van der Waals surface area contributed by atoms with Crippen LogP contribution in [0.15, 0.2) is 84.6 Å². The van der Waals surface area contributed by atoms with Gasteiger partial charge < -0.3 is 10.2 Å². The van der Waals surface area contributed by atoms with Crippen LogP contribution in [0.2, 0.25) is 0 Å². The molecule has 2 N–H and O–H groups in total. The molecule has 1 spiro atoms. The molecule has 0 saturated heterocycles. The molecule has 1 aliphatic heterocycles. The molecule has 8 nitrogen and oxygen atoms in total. The van der Waals surface area contributed by atoms with Crippen molar-refractivity contribution in [1.82, 2.24) is 0 Å². The van der Waals surface area contributed by atoms with Gasteiger partial charge in [0.1, 0.15) is 5.69 Å². The van der Waals surface area contributed by atoms with E-state index in [1.807, 2.05) is 24.3 Å². The molecule has 1 heterocycles. The van der Waals surface area contributed by atoms with Gasteiger partial charge in [0.2, 0.25) is 0 Å². The third kappa shape index (κ3) is 9.07. The molecule has 8 heteroatoms. The first kappa shape index (κ1) is 38.2. The van der Waals surface area contributed by atoms with Crippen LogP contribution >= 0.6 is 0 Å². The molecule has 2 aromatic carbocycles. The normalized spacial score (nSPS) is 19.4. The number of fused-ring (bicyclic) bond motifs is 2. The average molecular weight is 696 g/mol. The number of benzene rings is 2. The van der Waals surface area contributed by atoms with Gasteiger partial charge in [0.15, 0.2) is 0 Å². The molecule has 0 amide bonds. The second-order valence-electron chi connectivity index (χ2n) is 15.9. The van der Waals surface area contributed by atoms with Crippen molar-refractivity contribution in [2.75, 3.05) is 18.0 Å². The Bertz CT molecular complexity index is 1640. The number of nitro groups is 2. The Morgan fingerprint density at radius 2 is 1.33 bits per heavy atom. The van der Waals surface area contributed by atoms with E-state index in [4.69, 9.17) is 0 Å². The molecule has 274 valence electrons. The maximum atomic E-state index is 11.8. The molecular weight excluding hydrogens is 636 g/mol. The number of anilines is 1. The lowest BCUT2D eigenvalue weighted by Gasteiger charge is -2.37. The van der Waals surface area contributed by atoms with Crippen molar-refractivity contribution in [3.8, 4) is 0 Å². The zero-order chi connectivity index (χ0) is 36.4. The van der Waals surface area contributed by atoms with Crippen molar-refractivity contribution < 1.29 is 15.2 Å². The summed E-state index contributed by atoms with van der Waals surface area (Å²) in [6.45, 7) is 10.8. The van der Waals surface area contributed by atoms with Gasteiger partial charge in [0.25, 0.3) is 11.4 Å². The summed E-state index contributed by atoms with van der Waals surface area (Å²) in [6.07, 6.45) is 29.1. The number of hydrogen-bond acceptors (Lipinski definition) is 5. The third-order valence-electron chi connectivity index (χ3n) is 11.5. The maximum Gasteiger partial charge on any atom is 0.270 e. The minimum atomic E-state index is -0.264. The minimum Gasteiger partial charge on any atom is -0.344 e. The van der Waals surface area contributed by atoms with E-state index in [2.05, 4.69) is 80.4 Å². The lowest BCUT2D eigenvalue weighted by molar-refractivity contribution is -0.573. The highest BCUT2D eigenvalue weighted by molar-refractivity contribution is 5.73. The van der Waals surface area contributed by atoms with Crippen LogP contribution in [0.25, 0.3) is 0 Å². The molecule has 5 rings (SSSR count). The minimum absolute atomic E-state index is 0.0984. The Morgan fingerprint density at radius 1 is 0.745 bits per heavy atom. The number of hydrogen-bond donors (Lipinski definition) is 1. The number of nitrogens with two attached hydrogens (primary N) is 1. The molecule has 0 radical (unpaired) electrons. The highest BCUT2D eigenvalue weighted by atomic mass is 16.6. The predicted molar refractivity (Wildman–Crippen MR) is 209 cm³/mol. The number of rotatable bonds is 15. The van der Waals surface area contributed by atoms with Crippen LogP contribution in [0.5, 0.6) is 0 Å². The van der Waals surface area contributed by atoms with Gasteiger partial charge in [-0.2, -0.15) is 0 Å². The first-order valence-corrected chi connectivity index (χ1v) is 19.5. The predicted octanol–water partition coefficient (Wildman–Crippen LogP) is 10.7. The first-order valence-electron chi connectivity index (χ1n) is 19.5. The number of allylic oxidation sites excluding steroid dienone is 8. The third-order valence-corrected chi connectivity index (χ3v) is 11.5. The van der Waals surface area contributed by atoms with Gasteiger partial charge in [0, 0.05) is 64.7 Å². The molecule has 0 unspecified atom stereocenters. The van der Waals surface area contributed by atoms with Crippen LogP contribution in [-0.4, -0.2) is 22.9 Å². The second kappa shape index (κ2) is 17.5. The van der Waals surface area contributed by atoms with Crippen molar-refractivity contribution >= 4 is 22.7 Å². The fraction of sp³-hybridized carbons (Fsp3) is 0.535. The molecule has 2 saturated carbocycles. The lowest BCUT2D eigenvalue weighted by Crippen LogP contribution is -2.78. The number of quaternary nitrogens is 1. The summed E-state index contributed by atoms with van der Waals surface area (Å²) in [6, 6.07) is 11.0. The number of nitro benzene ring substituents is 2. The molecule has 2 aliphatic carbocycles. The largest absolute Gasteiger partial charge is 0.344 e. The van der Waals surface area contributed by atoms with Gasteiger partial charge in [-0.25, -0.2) is 0 Å².